The molecule has 1 N–H and O–H groups in total. The molecule has 0 aromatic heterocycles. The number of nitrogens with one attached hydrogen (secondary N) is 1. The summed E-state index contributed by atoms with van der Waals surface area (Å²) < 4.78 is 0. The molecule has 2 nitrogen and oxygen atoms in total. The highest BCUT2D eigenvalue weighted by Gasteiger charge is 2.17. The van der Waals surface area contributed by atoms with Crippen LogP contribution in [0, 0.1) is 11.8 Å². The van der Waals surface area contributed by atoms with Gasteiger partial charge in [-0.25, -0.2) is 0 Å². The molecule has 2 atom stereocenters. The van der Waals surface area contributed by atoms with Gasteiger partial charge in [-0.05, 0) is 63.8 Å². The van der Waals surface area contributed by atoms with Crippen LogP contribution in [0.5, 0.6) is 0 Å². The Kier molecular flexibility index (Phi) is 7.87. The van der Waals surface area contributed by atoms with E-state index in [1.165, 1.54) is 64.8 Å². The van der Waals surface area contributed by atoms with Crippen molar-refractivity contribution in [3.05, 3.63) is 0 Å². The van der Waals surface area contributed by atoms with Crippen molar-refractivity contribution in [3.8, 4) is 0 Å². The normalized spacial score (nSPS) is 25.4. The Balaban J connectivity index is 1.96. The molecule has 0 heterocycles. The Labute approximate surface area is 108 Å². The average molecular weight is 240 g/mol. The van der Waals surface area contributed by atoms with Crippen LogP contribution in [0.25, 0.3) is 0 Å². The van der Waals surface area contributed by atoms with Gasteiger partial charge in [0.1, 0.15) is 0 Å². The quantitative estimate of drug-likeness (QED) is 0.656. The van der Waals surface area contributed by atoms with Gasteiger partial charge in [0.25, 0.3) is 0 Å². The molecular weight excluding hydrogens is 208 g/mol. The van der Waals surface area contributed by atoms with Crippen molar-refractivity contribution in [2.24, 2.45) is 11.8 Å². The molecule has 1 rings (SSSR count). The summed E-state index contributed by atoms with van der Waals surface area (Å²) in [5.41, 5.74) is 0. The summed E-state index contributed by atoms with van der Waals surface area (Å²) in [5, 5.41) is 3.65. The lowest BCUT2D eigenvalue weighted by atomic mass is 9.82. The third-order valence-electron chi connectivity index (χ3n) is 4.20. The Morgan fingerprint density at radius 3 is 2.59 bits per heavy atom. The largest absolute Gasteiger partial charge is 0.316 e. The van der Waals surface area contributed by atoms with Crippen molar-refractivity contribution in [2.75, 3.05) is 32.7 Å². The van der Waals surface area contributed by atoms with Gasteiger partial charge in [0.05, 0.1) is 0 Å². The van der Waals surface area contributed by atoms with E-state index in [0.29, 0.717) is 0 Å². The lowest BCUT2D eigenvalue weighted by molar-refractivity contribution is 0.268. The summed E-state index contributed by atoms with van der Waals surface area (Å²) in [4.78, 5) is 2.50. The molecule has 0 aromatic rings. The zero-order valence-electron chi connectivity index (χ0n) is 12.2. The second kappa shape index (κ2) is 8.93. The highest BCUT2D eigenvalue weighted by Crippen LogP contribution is 2.27. The molecule has 0 bridgehead atoms. The van der Waals surface area contributed by atoms with Gasteiger partial charge in [0.15, 0.2) is 0 Å². The van der Waals surface area contributed by atoms with E-state index in [9.17, 15) is 0 Å². The summed E-state index contributed by atoms with van der Waals surface area (Å²) in [6.07, 6.45) is 7.10. The molecular formula is C15H32N2. The summed E-state index contributed by atoms with van der Waals surface area (Å²) in [6, 6.07) is 0. The monoisotopic (exact) mass is 240 g/mol. The predicted octanol–water partition coefficient (Wildman–Crippen LogP) is 3.13. The van der Waals surface area contributed by atoms with Crippen molar-refractivity contribution in [3.63, 3.8) is 0 Å². The summed E-state index contributed by atoms with van der Waals surface area (Å²) >= 11 is 0. The molecule has 0 saturated heterocycles. The molecule has 1 aliphatic carbocycles. The standard InChI is InChI=1S/C15H32N2/c1-4-17(5-2)11-7-10-16-13-15-9-6-8-14(3)12-15/h14-16H,4-13H2,1-3H3. The summed E-state index contributed by atoms with van der Waals surface area (Å²) in [7, 11) is 0. The maximum Gasteiger partial charge on any atom is -0.000687 e. The van der Waals surface area contributed by atoms with Crippen molar-refractivity contribution < 1.29 is 0 Å². The maximum atomic E-state index is 3.65. The van der Waals surface area contributed by atoms with E-state index in [-0.39, 0.29) is 0 Å². The zero-order valence-corrected chi connectivity index (χ0v) is 12.2. The smallest absolute Gasteiger partial charge is 0.000687 e. The molecule has 2 heteroatoms. The Bertz CT molecular complexity index is 178. The SMILES string of the molecule is CCN(CC)CCCNCC1CCCC(C)C1. The molecule has 1 aliphatic rings. The maximum absolute atomic E-state index is 3.65. The Morgan fingerprint density at radius 1 is 1.18 bits per heavy atom. The Morgan fingerprint density at radius 2 is 1.94 bits per heavy atom. The van der Waals surface area contributed by atoms with Crippen LogP contribution in [0.1, 0.15) is 52.9 Å². The van der Waals surface area contributed by atoms with Gasteiger partial charge in [0.2, 0.25) is 0 Å². The minimum absolute atomic E-state index is 0.951. The van der Waals surface area contributed by atoms with Gasteiger partial charge < -0.3 is 10.2 Å². The number of nitrogens with zero attached hydrogens (tertiary/aromatic N) is 1. The summed E-state index contributed by atoms with van der Waals surface area (Å²) in [5.74, 6) is 1.92. The van der Waals surface area contributed by atoms with Crippen LogP contribution >= 0.6 is 0 Å². The number of hydrogen-bond acceptors (Lipinski definition) is 2. The van der Waals surface area contributed by atoms with Crippen LogP contribution in [0.15, 0.2) is 0 Å². The molecule has 0 aliphatic heterocycles. The molecule has 0 radical (unpaired) electrons. The third-order valence-corrected chi connectivity index (χ3v) is 4.20. The van der Waals surface area contributed by atoms with Gasteiger partial charge in [-0.3, -0.25) is 0 Å². The van der Waals surface area contributed by atoms with Crippen LogP contribution in [0.2, 0.25) is 0 Å². The zero-order chi connectivity index (χ0) is 12.5. The molecule has 0 spiro atoms. The molecule has 0 amide bonds. The molecule has 102 valence electrons. The fraction of sp³-hybridized carbons (Fsp3) is 1.00. The van der Waals surface area contributed by atoms with Crippen molar-refractivity contribution in [1.82, 2.24) is 10.2 Å². The molecule has 1 fully saturated rings. The third kappa shape index (κ3) is 6.42. The first-order valence-electron chi connectivity index (χ1n) is 7.69. The lowest BCUT2D eigenvalue weighted by Crippen LogP contribution is -2.30. The summed E-state index contributed by atoms with van der Waals surface area (Å²) in [6.45, 7) is 13.0. The second-order valence-corrected chi connectivity index (χ2v) is 5.72. The van der Waals surface area contributed by atoms with E-state index in [2.05, 4.69) is 31.0 Å². The van der Waals surface area contributed by atoms with E-state index < -0.39 is 0 Å². The van der Waals surface area contributed by atoms with Crippen LogP contribution in [-0.4, -0.2) is 37.6 Å². The predicted molar refractivity (Wildman–Crippen MR) is 76.4 cm³/mol. The van der Waals surface area contributed by atoms with Crippen molar-refractivity contribution >= 4 is 0 Å². The molecule has 1 saturated carbocycles. The molecule has 0 aromatic carbocycles. The van der Waals surface area contributed by atoms with E-state index in [4.69, 9.17) is 0 Å². The van der Waals surface area contributed by atoms with Crippen molar-refractivity contribution in [1.29, 1.82) is 0 Å². The van der Waals surface area contributed by atoms with Gasteiger partial charge in [-0.15, -0.1) is 0 Å². The molecule has 2 unspecified atom stereocenters. The highest BCUT2D eigenvalue weighted by molar-refractivity contribution is 4.72. The minimum atomic E-state index is 0.951. The fourth-order valence-electron chi connectivity index (χ4n) is 3.02. The van der Waals surface area contributed by atoms with Gasteiger partial charge in [0, 0.05) is 0 Å². The van der Waals surface area contributed by atoms with Gasteiger partial charge in [-0.1, -0.05) is 33.6 Å². The topological polar surface area (TPSA) is 15.3 Å². The first-order valence-corrected chi connectivity index (χ1v) is 7.69. The first kappa shape index (κ1) is 15.0. The van der Waals surface area contributed by atoms with E-state index in [1.54, 1.807) is 0 Å². The lowest BCUT2D eigenvalue weighted by Gasteiger charge is -2.27. The Hall–Kier alpha value is -0.0800. The van der Waals surface area contributed by atoms with E-state index in [0.717, 1.165) is 11.8 Å². The van der Waals surface area contributed by atoms with Crippen LogP contribution < -0.4 is 5.32 Å². The second-order valence-electron chi connectivity index (χ2n) is 5.72. The van der Waals surface area contributed by atoms with Crippen molar-refractivity contribution in [2.45, 2.75) is 52.9 Å². The average Bonchev–Trinajstić information content (AvgIpc) is 2.34. The van der Waals surface area contributed by atoms with E-state index >= 15 is 0 Å². The number of hydrogen-bond donors (Lipinski definition) is 1. The van der Waals surface area contributed by atoms with Crippen LogP contribution in [-0.2, 0) is 0 Å². The van der Waals surface area contributed by atoms with E-state index in [1.807, 2.05) is 0 Å². The van der Waals surface area contributed by atoms with Crippen LogP contribution in [0.3, 0.4) is 0 Å². The van der Waals surface area contributed by atoms with Gasteiger partial charge in [-0.2, -0.15) is 0 Å². The number of rotatable bonds is 8. The minimum Gasteiger partial charge on any atom is -0.316 e. The molecule has 17 heavy (non-hydrogen) atoms. The first-order chi connectivity index (χ1) is 8.26. The van der Waals surface area contributed by atoms with Gasteiger partial charge >= 0.3 is 0 Å². The highest BCUT2D eigenvalue weighted by atomic mass is 15.1. The fourth-order valence-corrected chi connectivity index (χ4v) is 3.02. The van der Waals surface area contributed by atoms with Crippen LogP contribution in [0.4, 0.5) is 0 Å².